The number of benzene rings is 1. The first kappa shape index (κ1) is 13.3. The first-order valence-corrected chi connectivity index (χ1v) is 6.42. The predicted molar refractivity (Wildman–Crippen MR) is 74.4 cm³/mol. The van der Waals surface area contributed by atoms with Gasteiger partial charge in [-0.1, -0.05) is 12.1 Å². The largest absolute Gasteiger partial charge is 0.308 e. The van der Waals surface area contributed by atoms with Crippen LogP contribution in [0.1, 0.15) is 31.0 Å². The van der Waals surface area contributed by atoms with Crippen LogP contribution in [0.2, 0.25) is 0 Å². The van der Waals surface area contributed by atoms with Gasteiger partial charge in [-0.15, -0.1) is 0 Å². The van der Waals surface area contributed by atoms with E-state index in [1.165, 1.54) is 5.56 Å². The molecule has 0 fully saturated rings. The summed E-state index contributed by atoms with van der Waals surface area (Å²) in [6.07, 6.45) is 3.77. The van der Waals surface area contributed by atoms with Gasteiger partial charge in [-0.3, -0.25) is 4.68 Å². The Hall–Kier alpha value is -2.12. The maximum absolute atomic E-state index is 8.75. The zero-order chi connectivity index (χ0) is 13.7. The van der Waals surface area contributed by atoms with Gasteiger partial charge in [0, 0.05) is 25.0 Å². The van der Waals surface area contributed by atoms with E-state index in [0.717, 1.165) is 6.54 Å². The monoisotopic (exact) mass is 254 g/mol. The highest BCUT2D eigenvalue weighted by Crippen LogP contribution is 2.10. The maximum Gasteiger partial charge on any atom is 0.0991 e. The number of nitrogens with one attached hydrogen (secondary N) is 1. The van der Waals surface area contributed by atoms with E-state index in [1.807, 2.05) is 41.2 Å². The lowest BCUT2D eigenvalue weighted by Gasteiger charge is -2.21. The second-order valence-corrected chi connectivity index (χ2v) is 4.70. The minimum absolute atomic E-state index is 0.299. The standard InChI is InChI=1S/C15H18N4/c1-12(13(2)19-9-3-8-18-19)17-11-15-6-4-14(10-16)5-7-15/h3-9,12-13,17H,11H2,1-2H3/t12-,13+/m1/s1. The van der Waals surface area contributed by atoms with E-state index in [0.29, 0.717) is 17.6 Å². The quantitative estimate of drug-likeness (QED) is 0.892. The normalized spacial score (nSPS) is 13.7. The zero-order valence-corrected chi connectivity index (χ0v) is 11.2. The molecular formula is C15H18N4. The van der Waals surface area contributed by atoms with Crippen molar-refractivity contribution in [1.82, 2.24) is 15.1 Å². The van der Waals surface area contributed by atoms with Gasteiger partial charge >= 0.3 is 0 Å². The van der Waals surface area contributed by atoms with Gasteiger partial charge in [-0.2, -0.15) is 10.4 Å². The van der Waals surface area contributed by atoms with Gasteiger partial charge < -0.3 is 5.32 Å². The van der Waals surface area contributed by atoms with Gasteiger partial charge in [0.05, 0.1) is 17.7 Å². The van der Waals surface area contributed by atoms with Crippen molar-refractivity contribution < 1.29 is 0 Å². The summed E-state index contributed by atoms with van der Waals surface area (Å²) < 4.78 is 1.95. The third-order valence-electron chi connectivity index (χ3n) is 3.38. The Labute approximate surface area is 113 Å². The van der Waals surface area contributed by atoms with Crippen LogP contribution >= 0.6 is 0 Å². The van der Waals surface area contributed by atoms with E-state index in [4.69, 9.17) is 5.26 Å². The molecule has 1 N–H and O–H groups in total. The molecule has 2 aromatic rings. The van der Waals surface area contributed by atoms with Crippen molar-refractivity contribution >= 4 is 0 Å². The number of aromatic nitrogens is 2. The molecule has 1 aromatic carbocycles. The Morgan fingerprint density at radius 3 is 2.63 bits per heavy atom. The molecule has 98 valence electrons. The van der Waals surface area contributed by atoms with Gasteiger partial charge in [0.15, 0.2) is 0 Å². The highest BCUT2D eigenvalue weighted by molar-refractivity contribution is 5.31. The van der Waals surface area contributed by atoms with Crippen molar-refractivity contribution in [1.29, 1.82) is 5.26 Å². The van der Waals surface area contributed by atoms with Gasteiger partial charge in [-0.25, -0.2) is 0 Å². The summed E-state index contributed by atoms with van der Waals surface area (Å²) in [5, 5.41) is 16.5. The Morgan fingerprint density at radius 1 is 1.32 bits per heavy atom. The first-order valence-electron chi connectivity index (χ1n) is 6.42. The smallest absolute Gasteiger partial charge is 0.0991 e. The second kappa shape index (κ2) is 6.17. The molecule has 0 amide bonds. The number of hydrogen-bond donors (Lipinski definition) is 1. The zero-order valence-electron chi connectivity index (χ0n) is 11.2. The van der Waals surface area contributed by atoms with E-state index in [1.54, 1.807) is 6.20 Å². The fourth-order valence-electron chi connectivity index (χ4n) is 1.90. The first-order chi connectivity index (χ1) is 9.20. The molecule has 0 saturated heterocycles. The summed E-state index contributed by atoms with van der Waals surface area (Å²) in [5.74, 6) is 0. The van der Waals surface area contributed by atoms with E-state index in [2.05, 4.69) is 30.3 Å². The lowest BCUT2D eigenvalue weighted by molar-refractivity contribution is 0.365. The fraction of sp³-hybridized carbons (Fsp3) is 0.333. The molecule has 2 atom stereocenters. The molecule has 0 radical (unpaired) electrons. The van der Waals surface area contributed by atoms with Crippen LogP contribution in [0.15, 0.2) is 42.7 Å². The Morgan fingerprint density at radius 2 is 2.05 bits per heavy atom. The van der Waals surface area contributed by atoms with Crippen LogP contribution in [0.5, 0.6) is 0 Å². The van der Waals surface area contributed by atoms with Crippen molar-refractivity contribution in [2.75, 3.05) is 0 Å². The van der Waals surface area contributed by atoms with Crippen LogP contribution < -0.4 is 5.32 Å². The molecule has 0 spiro atoms. The molecule has 0 saturated carbocycles. The van der Waals surface area contributed by atoms with Gasteiger partial charge in [0.1, 0.15) is 0 Å². The highest BCUT2D eigenvalue weighted by Gasteiger charge is 2.13. The van der Waals surface area contributed by atoms with E-state index in [9.17, 15) is 0 Å². The molecule has 4 heteroatoms. The van der Waals surface area contributed by atoms with Gasteiger partial charge in [-0.05, 0) is 37.6 Å². The number of hydrogen-bond acceptors (Lipinski definition) is 3. The van der Waals surface area contributed by atoms with Crippen molar-refractivity contribution in [2.45, 2.75) is 32.5 Å². The van der Waals surface area contributed by atoms with Crippen LogP contribution in [0.3, 0.4) is 0 Å². The summed E-state index contributed by atoms with van der Waals surface area (Å²) >= 11 is 0. The maximum atomic E-state index is 8.75. The molecule has 0 aliphatic rings. The lowest BCUT2D eigenvalue weighted by Crippen LogP contribution is -2.33. The topological polar surface area (TPSA) is 53.6 Å². The number of nitrogens with zero attached hydrogens (tertiary/aromatic N) is 3. The SMILES string of the molecule is C[C@@H](NCc1ccc(C#N)cc1)[C@H](C)n1cccn1. The van der Waals surface area contributed by atoms with Crippen LogP contribution in [0.25, 0.3) is 0 Å². The summed E-state index contributed by atoms with van der Waals surface area (Å²) in [5.41, 5.74) is 1.88. The lowest BCUT2D eigenvalue weighted by atomic mass is 10.1. The Bertz CT molecular complexity index is 537. The van der Waals surface area contributed by atoms with Gasteiger partial charge in [0.2, 0.25) is 0 Å². The number of rotatable bonds is 5. The molecule has 1 heterocycles. The van der Waals surface area contributed by atoms with Crippen LogP contribution in [-0.2, 0) is 6.54 Å². The predicted octanol–water partition coefficient (Wildman–Crippen LogP) is 2.49. The highest BCUT2D eigenvalue weighted by atomic mass is 15.3. The molecule has 2 rings (SSSR count). The summed E-state index contributed by atoms with van der Waals surface area (Å²) in [4.78, 5) is 0. The van der Waals surface area contributed by atoms with Crippen molar-refractivity contribution in [3.63, 3.8) is 0 Å². The van der Waals surface area contributed by atoms with Crippen LogP contribution in [-0.4, -0.2) is 15.8 Å². The summed E-state index contributed by atoms with van der Waals surface area (Å²) in [6, 6.07) is 12.3. The minimum atomic E-state index is 0.299. The van der Waals surface area contributed by atoms with Crippen molar-refractivity contribution in [2.24, 2.45) is 0 Å². The average molecular weight is 254 g/mol. The van der Waals surface area contributed by atoms with Crippen LogP contribution in [0, 0.1) is 11.3 Å². The third kappa shape index (κ3) is 3.43. The van der Waals surface area contributed by atoms with E-state index >= 15 is 0 Å². The van der Waals surface area contributed by atoms with Gasteiger partial charge in [0.25, 0.3) is 0 Å². The van der Waals surface area contributed by atoms with Crippen molar-refractivity contribution in [3.8, 4) is 6.07 Å². The minimum Gasteiger partial charge on any atom is -0.308 e. The third-order valence-corrected chi connectivity index (χ3v) is 3.38. The Kier molecular flexibility index (Phi) is 4.32. The fourth-order valence-corrected chi connectivity index (χ4v) is 1.90. The molecule has 0 bridgehead atoms. The van der Waals surface area contributed by atoms with E-state index < -0.39 is 0 Å². The molecule has 0 unspecified atom stereocenters. The Balaban J connectivity index is 1.89. The average Bonchev–Trinajstić information content (AvgIpc) is 2.98. The molecule has 1 aromatic heterocycles. The molecule has 19 heavy (non-hydrogen) atoms. The second-order valence-electron chi connectivity index (χ2n) is 4.70. The van der Waals surface area contributed by atoms with Crippen LogP contribution in [0.4, 0.5) is 0 Å². The number of nitriles is 1. The molecular weight excluding hydrogens is 236 g/mol. The summed E-state index contributed by atoms with van der Waals surface area (Å²) in [6.45, 7) is 5.08. The molecule has 0 aliphatic heterocycles. The van der Waals surface area contributed by atoms with Crippen molar-refractivity contribution in [3.05, 3.63) is 53.9 Å². The molecule has 4 nitrogen and oxygen atoms in total. The molecule has 0 aliphatic carbocycles. The summed E-state index contributed by atoms with van der Waals surface area (Å²) in [7, 11) is 0. The van der Waals surface area contributed by atoms with E-state index in [-0.39, 0.29) is 0 Å².